The van der Waals surface area contributed by atoms with E-state index in [0.717, 1.165) is 18.2 Å². The number of esters is 1. The van der Waals surface area contributed by atoms with Crippen LogP contribution in [0.3, 0.4) is 0 Å². The molecule has 4 nitrogen and oxygen atoms in total. The Kier molecular flexibility index (Phi) is 5.12. The predicted octanol–water partition coefficient (Wildman–Crippen LogP) is 3.36. The lowest BCUT2D eigenvalue weighted by Gasteiger charge is -2.16. The van der Waals surface area contributed by atoms with Gasteiger partial charge in [-0.05, 0) is 19.1 Å². The van der Waals surface area contributed by atoms with Gasteiger partial charge in [0, 0.05) is 0 Å². The summed E-state index contributed by atoms with van der Waals surface area (Å²) in [6, 6.07) is 2.75. The first-order valence-electron chi connectivity index (χ1n) is 5.25. The van der Waals surface area contributed by atoms with Crippen molar-refractivity contribution < 1.29 is 41.0 Å². The number of benzene rings is 1. The highest BCUT2D eigenvalue weighted by atomic mass is 19.4. The van der Waals surface area contributed by atoms with Crippen LogP contribution in [-0.2, 0) is 4.74 Å². The van der Waals surface area contributed by atoms with Crippen LogP contribution >= 0.6 is 0 Å². The highest BCUT2D eigenvalue weighted by Gasteiger charge is 2.34. The van der Waals surface area contributed by atoms with Crippen molar-refractivity contribution in [2.75, 3.05) is 6.61 Å². The smallest absolute Gasteiger partial charge is 0.462 e. The Hall–Kier alpha value is -2.06. The standard InChI is InChI=1S/C11H9F5O4/c1-2-18-9(17)6-4-3-5-7(20-11(14,15)16)8(6)19-10(12)13/h3-5,10H,2H2,1H3. The number of hydrogen-bond donors (Lipinski definition) is 0. The van der Waals surface area contributed by atoms with Gasteiger partial charge < -0.3 is 14.2 Å². The van der Waals surface area contributed by atoms with Crippen LogP contribution < -0.4 is 9.47 Å². The molecule has 0 fully saturated rings. The topological polar surface area (TPSA) is 44.8 Å². The Labute approximate surface area is 110 Å². The second kappa shape index (κ2) is 6.40. The molecule has 0 unspecified atom stereocenters. The van der Waals surface area contributed by atoms with Gasteiger partial charge in [0.2, 0.25) is 0 Å². The fourth-order valence-corrected chi connectivity index (χ4v) is 1.30. The van der Waals surface area contributed by atoms with Crippen molar-refractivity contribution in [2.45, 2.75) is 19.9 Å². The van der Waals surface area contributed by atoms with Crippen molar-refractivity contribution in [3.05, 3.63) is 23.8 Å². The minimum absolute atomic E-state index is 0.0860. The zero-order valence-electron chi connectivity index (χ0n) is 10.0. The third-order valence-electron chi connectivity index (χ3n) is 1.91. The molecule has 0 N–H and O–H groups in total. The molecular formula is C11H9F5O4. The van der Waals surface area contributed by atoms with E-state index < -0.39 is 36.0 Å². The van der Waals surface area contributed by atoms with Crippen LogP contribution in [0.2, 0.25) is 0 Å². The Morgan fingerprint density at radius 2 is 1.95 bits per heavy atom. The molecule has 0 spiro atoms. The highest BCUT2D eigenvalue weighted by Crippen LogP contribution is 2.36. The summed E-state index contributed by atoms with van der Waals surface area (Å²) in [6.45, 7) is -2.07. The summed E-state index contributed by atoms with van der Waals surface area (Å²) in [7, 11) is 0. The third kappa shape index (κ3) is 4.56. The molecule has 0 radical (unpaired) electrons. The van der Waals surface area contributed by atoms with Crippen LogP contribution in [0.5, 0.6) is 11.5 Å². The number of ether oxygens (including phenoxy) is 3. The zero-order valence-corrected chi connectivity index (χ0v) is 10.0. The van der Waals surface area contributed by atoms with Gasteiger partial charge in [-0.1, -0.05) is 6.07 Å². The minimum Gasteiger partial charge on any atom is -0.462 e. The summed E-state index contributed by atoms with van der Waals surface area (Å²) < 4.78 is 73.0. The second-order valence-corrected chi connectivity index (χ2v) is 3.28. The molecule has 0 aliphatic rings. The molecule has 0 aliphatic heterocycles. The van der Waals surface area contributed by atoms with Crippen molar-refractivity contribution in [1.29, 1.82) is 0 Å². The minimum atomic E-state index is -5.12. The number of rotatable bonds is 5. The van der Waals surface area contributed by atoms with Crippen LogP contribution in [0.4, 0.5) is 22.0 Å². The van der Waals surface area contributed by atoms with Crippen molar-refractivity contribution in [1.82, 2.24) is 0 Å². The lowest BCUT2D eigenvalue weighted by molar-refractivity contribution is -0.275. The summed E-state index contributed by atoms with van der Waals surface area (Å²) in [6.07, 6.45) is -5.12. The summed E-state index contributed by atoms with van der Waals surface area (Å²) in [5, 5.41) is 0. The molecule has 0 saturated carbocycles. The van der Waals surface area contributed by atoms with E-state index >= 15 is 0 Å². The molecule has 9 heteroatoms. The summed E-state index contributed by atoms with van der Waals surface area (Å²) in [5.74, 6) is -3.18. The van der Waals surface area contributed by atoms with E-state index in [1.54, 1.807) is 0 Å². The Balaban J connectivity index is 3.23. The van der Waals surface area contributed by atoms with Crippen LogP contribution in [0.1, 0.15) is 17.3 Å². The van der Waals surface area contributed by atoms with Gasteiger partial charge in [0.25, 0.3) is 0 Å². The van der Waals surface area contributed by atoms with E-state index in [0.29, 0.717) is 0 Å². The molecule has 20 heavy (non-hydrogen) atoms. The van der Waals surface area contributed by atoms with Gasteiger partial charge in [0.05, 0.1) is 6.61 Å². The molecule has 1 aromatic carbocycles. The zero-order chi connectivity index (χ0) is 15.3. The number of carbonyl (C=O) groups excluding carboxylic acids is 1. The Bertz CT molecular complexity index is 472. The van der Waals surface area contributed by atoms with Crippen molar-refractivity contribution in [3.8, 4) is 11.5 Å². The van der Waals surface area contributed by atoms with Gasteiger partial charge in [-0.25, -0.2) is 4.79 Å². The monoisotopic (exact) mass is 300 g/mol. The SMILES string of the molecule is CCOC(=O)c1cccc(OC(F)(F)F)c1OC(F)F. The molecule has 1 aromatic rings. The summed E-state index contributed by atoms with van der Waals surface area (Å²) >= 11 is 0. The molecule has 0 aromatic heterocycles. The summed E-state index contributed by atoms with van der Waals surface area (Å²) in [4.78, 5) is 11.5. The quantitative estimate of drug-likeness (QED) is 0.618. The van der Waals surface area contributed by atoms with Gasteiger partial charge in [0.15, 0.2) is 11.5 Å². The van der Waals surface area contributed by atoms with E-state index in [4.69, 9.17) is 0 Å². The van der Waals surface area contributed by atoms with E-state index in [-0.39, 0.29) is 6.61 Å². The maximum absolute atomic E-state index is 12.3. The van der Waals surface area contributed by atoms with E-state index in [1.165, 1.54) is 6.92 Å². The number of alkyl halides is 5. The van der Waals surface area contributed by atoms with Crippen LogP contribution in [0.25, 0.3) is 0 Å². The average molecular weight is 300 g/mol. The van der Waals surface area contributed by atoms with Gasteiger partial charge in [0.1, 0.15) is 5.56 Å². The molecule has 1 rings (SSSR count). The first kappa shape index (κ1) is 16.0. The normalized spacial score (nSPS) is 11.3. The largest absolute Gasteiger partial charge is 0.573 e. The maximum Gasteiger partial charge on any atom is 0.573 e. The van der Waals surface area contributed by atoms with Crippen molar-refractivity contribution in [3.63, 3.8) is 0 Å². The van der Waals surface area contributed by atoms with Gasteiger partial charge in [-0.2, -0.15) is 8.78 Å². The van der Waals surface area contributed by atoms with E-state index in [1.807, 2.05) is 0 Å². The lowest BCUT2D eigenvalue weighted by atomic mass is 10.2. The second-order valence-electron chi connectivity index (χ2n) is 3.28. The fourth-order valence-electron chi connectivity index (χ4n) is 1.30. The number of halogens is 5. The van der Waals surface area contributed by atoms with Crippen molar-refractivity contribution >= 4 is 5.97 Å². The molecule has 0 aliphatic carbocycles. The molecule has 0 heterocycles. The van der Waals surface area contributed by atoms with Crippen LogP contribution in [-0.4, -0.2) is 25.6 Å². The van der Waals surface area contributed by atoms with Gasteiger partial charge in [-0.3, -0.25) is 0 Å². The molecule has 112 valence electrons. The molecular weight excluding hydrogens is 291 g/mol. The lowest BCUT2D eigenvalue weighted by Crippen LogP contribution is -2.19. The van der Waals surface area contributed by atoms with Crippen molar-refractivity contribution in [2.24, 2.45) is 0 Å². The first-order chi connectivity index (χ1) is 9.24. The van der Waals surface area contributed by atoms with Crippen LogP contribution in [0.15, 0.2) is 18.2 Å². The van der Waals surface area contributed by atoms with Gasteiger partial charge in [-0.15, -0.1) is 13.2 Å². The Morgan fingerprint density at radius 3 is 2.45 bits per heavy atom. The predicted molar refractivity (Wildman–Crippen MR) is 55.7 cm³/mol. The fraction of sp³-hybridized carbons (Fsp3) is 0.364. The highest BCUT2D eigenvalue weighted by molar-refractivity contribution is 5.93. The number of para-hydroxylation sites is 1. The number of carbonyl (C=O) groups is 1. The molecule has 0 amide bonds. The molecule has 0 bridgehead atoms. The summed E-state index contributed by atoms with van der Waals surface area (Å²) in [5.41, 5.74) is -0.589. The molecule has 0 saturated heterocycles. The maximum atomic E-state index is 12.3. The van der Waals surface area contributed by atoms with E-state index in [2.05, 4.69) is 14.2 Å². The Morgan fingerprint density at radius 1 is 1.30 bits per heavy atom. The third-order valence-corrected chi connectivity index (χ3v) is 1.91. The first-order valence-corrected chi connectivity index (χ1v) is 5.25. The van der Waals surface area contributed by atoms with Crippen LogP contribution in [0, 0.1) is 0 Å². The van der Waals surface area contributed by atoms with E-state index in [9.17, 15) is 26.7 Å². The molecule has 0 atom stereocenters. The van der Waals surface area contributed by atoms with Gasteiger partial charge >= 0.3 is 18.9 Å². The average Bonchev–Trinajstić information content (AvgIpc) is 2.29. The number of hydrogen-bond acceptors (Lipinski definition) is 4.